The number of benzene rings is 2. The lowest BCUT2D eigenvalue weighted by Crippen LogP contribution is -2.48. The zero-order chi connectivity index (χ0) is 25.5. The second-order valence-corrected chi connectivity index (χ2v) is 9.75. The number of hydrogen-bond acceptors (Lipinski definition) is 5. The van der Waals surface area contributed by atoms with Crippen LogP contribution in [-0.4, -0.2) is 49.2 Å². The molecule has 2 fully saturated rings. The molecule has 2 amide bonds. The van der Waals surface area contributed by atoms with Gasteiger partial charge in [0, 0.05) is 29.9 Å². The number of carbonyl (C=O) groups is 2. The first-order chi connectivity index (χ1) is 16.6. The number of ether oxygens (including phenoxy) is 1. The van der Waals surface area contributed by atoms with Gasteiger partial charge in [-0.2, -0.15) is 0 Å². The Morgan fingerprint density at radius 2 is 1.94 bits per heavy atom. The molecule has 35 heavy (non-hydrogen) atoms. The number of methoxy groups -OCH3 is 1. The Morgan fingerprint density at radius 1 is 1.23 bits per heavy atom. The maximum absolute atomic E-state index is 13.3. The number of carbonyl (C=O) groups excluding carboxylic acids is 2. The lowest BCUT2D eigenvalue weighted by Gasteiger charge is -2.36. The highest BCUT2D eigenvalue weighted by Crippen LogP contribution is 2.49. The highest BCUT2D eigenvalue weighted by Gasteiger charge is 2.50. The van der Waals surface area contributed by atoms with Gasteiger partial charge in [0.05, 0.1) is 34.9 Å². The number of halogens is 2. The number of rotatable bonds is 6. The van der Waals surface area contributed by atoms with Crippen LogP contribution in [0.25, 0.3) is 5.70 Å². The third-order valence-corrected chi connectivity index (χ3v) is 7.61. The maximum atomic E-state index is 13.3. The fourth-order valence-electron chi connectivity index (χ4n) is 4.78. The summed E-state index contributed by atoms with van der Waals surface area (Å²) >= 11 is 12.8. The van der Waals surface area contributed by atoms with Crippen LogP contribution in [0, 0.1) is 5.41 Å². The summed E-state index contributed by atoms with van der Waals surface area (Å²) in [5, 5.41) is 12.9. The minimum atomic E-state index is -0.671. The van der Waals surface area contributed by atoms with E-state index in [9.17, 15) is 9.59 Å². The predicted octanol–water partition coefficient (Wildman–Crippen LogP) is 4.40. The van der Waals surface area contributed by atoms with Gasteiger partial charge in [0.25, 0.3) is 5.91 Å². The minimum Gasteiger partial charge on any atom is -0.495 e. The van der Waals surface area contributed by atoms with Crippen molar-refractivity contribution in [2.24, 2.45) is 5.73 Å². The molecule has 9 heteroatoms. The van der Waals surface area contributed by atoms with Gasteiger partial charge in [-0.05, 0) is 67.6 Å². The molecule has 1 saturated heterocycles. The molecule has 1 saturated carbocycles. The lowest BCUT2D eigenvalue weighted by molar-refractivity contribution is -0.120. The molecule has 1 aliphatic carbocycles. The van der Waals surface area contributed by atoms with Crippen molar-refractivity contribution >= 4 is 46.4 Å². The summed E-state index contributed by atoms with van der Waals surface area (Å²) in [5.74, 6) is -0.177. The fraction of sp³-hybridized carbons (Fsp3) is 0.346. The molecule has 4 rings (SSSR count). The molecule has 4 N–H and O–H groups in total. The van der Waals surface area contributed by atoms with E-state index in [4.69, 9.17) is 39.1 Å². The van der Waals surface area contributed by atoms with Crippen LogP contribution in [0.15, 0.2) is 42.0 Å². The molecule has 1 aliphatic heterocycles. The summed E-state index contributed by atoms with van der Waals surface area (Å²) in [5.41, 5.74) is 8.78. The second kappa shape index (κ2) is 9.55. The topological polar surface area (TPSA) is 109 Å². The standard InChI is InChI=1S/C26H28Cl2N4O3/c1-14-22(29)19(7-10-32(14)24(33)18-5-4-6-20(35-3)21(18)28)23(31-2)15-11-16(13-17(27)12-15)26(8-9-26)25(30)34/h4-6,11-14,29,31H,7-10H2,1-3H3,(H2,30,34)/b23-19-,29-22?. The van der Waals surface area contributed by atoms with Crippen molar-refractivity contribution in [3.8, 4) is 5.75 Å². The number of nitrogens with one attached hydrogen (secondary N) is 2. The van der Waals surface area contributed by atoms with E-state index >= 15 is 0 Å². The molecule has 2 aliphatic rings. The fourth-order valence-corrected chi connectivity index (χ4v) is 5.30. The summed E-state index contributed by atoms with van der Waals surface area (Å²) in [4.78, 5) is 27.1. The van der Waals surface area contributed by atoms with E-state index in [1.165, 1.54) is 7.11 Å². The first-order valence-electron chi connectivity index (χ1n) is 11.4. The number of amides is 2. The second-order valence-electron chi connectivity index (χ2n) is 8.94. The number of primary amides is 1. The normalized spacial score (nSPS) is 20.3. The van der Waals surface area contributed by atoms with E-state index < -0.39 is 11.5 Å². The monoisotopic (exact) mass is 514 g/mol. The molecular weight excluding hydrogens is 487 g/mol. The van der Waals surface area contributed by atoms with Gasteiger partial charge in [0.1, 0.15) is 5.75 Å². The smallest absolute Gasteiger partial charge is 0.256 e. The minimum absolute atomic E-state index is 0.251. The van der Waals surface area contributed by atoms with E-state index in [2.05, 4.69) is 5.32 Å². The lowest BCUT2D eigenvalue weighted by atomic mass is 9.88. The first kappa shape index (κ1) is 25.1. The van der Waals surface area contributed by atoms with Crippen LogP contribution >= 0.6 is 23.2 Å². The zero-order valence-corrected chi connectivity index (χ0v) is 21.4. The molecular formula is C26H28Cl2N4O3. The van der Waals surface area contributed by atoms with E-state index in [0.717, 1.165) is 22.4 Å². The Balaban J connectivity index is 1.67. The molecule has 0 spiro atoms. The van der Waals surface area contributed by atoms with Crippen molar-refractivity contribution in [3.05, 3.63) is 68.7 Å². The number of nitrogens with two attached hydrogens (primary N) is 1. The summed E-state index contributed by atoms with van der Waals surface area (Å²) in [7, 11) is 3.29. The van der Waals surface area contributed by atoms with Gasteiger partial charge in [0.2, 0.25) is 5.91 Å². The van der Waals surface area contributed by atoms with Gasteiger partial charge in [-0.25, -0.2) is 0 Å². The van der Waals surface area contributed by atoms with E-state index in [-0.39, 0.29) is 16.8 Å². The Kier molecular flexibility index (Phi) is 6.84. The van der Waals surface area contributed by atoms with Crippen LogP contribution in [0.2, 0.25) is 10.0 Å². The average Bonchev–Trinajstić information content (AvgIpc) is 3.64. The van der Waals surface area contributed by atoms with Gasteiger partial charge in [-0.15, -0.1) is 0 Å². The maximum Gasteiger partial charge on any atom is 0.256 e. The third kappa shape index (κ3) is 4.39. The Bertz CT molecular complexity index is 1250. The van der Waals surface area contributed by atoms with Crippen molar-refractivity contribution in [2.45, 2.75) is 37.6 Å². The van der Waals surface area contributed by atoms with E-state index in [1.807, 2.05) is 19.1 Å². The van der Waals surface area contributed by atoms with Crippen LogP contribution in [0.5, 0.6) is 5.75 Å². The Morgan fingerprint density at radius 3 is 2.54 bits per heavy atom. The summed E-state index contributed by atoms with van der Waals surface area (Å²) in [6.45, 7) is 2.24. The first-order valence-corrected chi connectivity index (χ1v) is 12.1. The van der Waals surface area contributed by atoms with Crippen molar-refractivity contribution in [3.63, 3.8) is 0 Å². The van der Waals surface area contributed by atoms with Crippen LogP contribution < -0.4 is 15.8 Å². The van der Waals surface area contributed by atoms with Gasteiger partial charge in [-0.3, -0.25) is 9.59 Å². The molecule has 1 unspecified atom stereocenters. The molecule has 7 nitrogen and oxygen atoms in total. The van der Waals surface area contributed by atoms with Gasteiger partial charge >= 0.3 is 0 Å². The van der Waals surface area contributed by atoms with Crippen LogP contribution in [-0.2, 0) is 10.2 Å². The number of likely N-dealkylation sites (tertiary alicyclic amines) is 1. The van der Waals surface area contributed by atoms with Crippen molar-refractivity contribution in [2.75, 3.05) is 20.7 Å². The molecule has 1 heterocycles. The molecule has 184 valence electrons. The predicted molar refractivity (Wildman–Crippen MR) is 138 cm³/mol. The quantitative estimate of drug-likeness (QED) is 0.530. The highest BCUT2D eigenvalue weighted by molar-refractivity contribution is 6.35. The summed E-state index contributed by atoms with van der Waals surface area (Å²) in [6, 6.07) is 10.1. The largest absolute Gasteiger partial charge is 0.495 e. The van der Waals surface area contributed by atoms with Crippen LogP contribution in [0.4, 0.5) is 0 Å². The van der Waals surface area contributed by atoms with Crippen molar-refractivity contribution in [1.82, 2.24) is 10.2 Å². The third-order valence-electron chi connectivity index (χ3n) is 7.00. The Hall–Kier alpha value is -3.03. The number of hydrogen-bond donors (Lipinski definition) is 3. The molecule has 1 atom stereocenters. The summed E-state index contributed by atoms with van der Waals surface area (Å²) in [6.07, 6.45) is 1.87. The Labute approximate surface area is 214 Å². The summed E-state index contributed by atoms with van der Waals surface area (Å²) < 4.78 is 5.25. The van der Waals surface area contributed by atoms with Crippen molar-refractivity contribution in [1.29, 1.82) is 5.41 Å². The van der Waals surface area contributed by atoms with E-state index in [0.29, 0.717) is 47.9 Å². The van der Waals surface area contributed by atoms with Crippen LogP contribution in [0.1, 0.15) is 47.7 Å². The molecule has 2 aromatic carbocycles. The van der Waals surface area contributed by atoms with Gasteiger partial charge in [0.15, 0.2) is 0 Å². The molecule has 0 radical (unpaired) electrons. The SMILES string of the molecule is CN/C(=C1/CCN(C(=O)c2cccc(OC)c2Cl)C(C)C1=N)c1cc(Cl)cc(C2(C(N)=O)CC2)c1. The van der Waals surface area contributed by atoms with Gasteiger partial charge in [-0.1, -0.05) is 29.3 Å². The molecule has 0 bridgehead atoms. The van der Waals surface area contributed by atoms with Crippen LogP contribution in [0.3, 0.4) is 0 Å². The zero-order valence-electron chi connectivity index (χ0n) is 19.9. The number of nitrogens with zero attached hydrogens (tertiary/aromatic N) is 1. The molecule has 0 aromatic heterocycles. The molecule has 2 aromatic rings. The van der Waals surface area contributed by atoms with E-state index in [1.54, 1.807) is 36.2 Å². The number of piperidine rings is 1. The van der Waals surface area contributed by atoms with Gasteiger partial charge < -0.3 is 26.1 Å². The highest BCUT2D eigenvalue weighted by atomic mass is 35.5. The average molecular weight is 515 g/mol. The van der Waals surface area contributed by atoms with Crippen molar-refractivity contribution < 1.29 is 14.3 Å².